The third-order valence-corrected chi connectivity index (χ3v) is 3.79. The molecule has 0 spiro atoms. The highest BCUT2D eigenvalue weighted by Gasteiger charge is 2.40. The minimum atomic E-state index is -0.841. The van der Waals surface area contributed by atoms with Crippen LogP contribution in [0, 0.1) is 11.2 Å². The van der Waals surface area contributed by atoms with Gasteiger partial charge >= 0.3 is 5.97 Å². The van der Waals surface area contributed by atoms with Crippen LogP contribution in [-0.2, 0) is 11.3 Å². The van der Waals surface area contributed by atoms with Crippen LogP contribution in [-0.4, -0.2) is 35.0 Å². The van der Waals surface area contributed by atoms with Crippen molar-refractivity contribution in [3.63, 3.8) is 0 Å². The van der Waals surface area contributed by atoms with Gasteiger partial charge < -0.3 is 10.8 Å². The molecule has 1 amide bonds. The van der Waals surface area contributed by atoms with Crippen molar-refractivity contribution in [3.8, 4) is 0 Å². The summed E-state index contributed by atoms with van der Waals surface area (Å²) in [4.78, 5) is 24.1. The molecule has 6 heteroatoms. The van der Waals surface area contributed by atoms with Gasteiger partial charge in [-0.3, -0.25) is 14.5 Å². The normalized spacial score (nSPS) is 22.9. The van der Waals surface area contributed by atoms with Gasteiger partial charge in [0, 0.05) is 24.2 Å². The van der Waals surface area contributed by atoms with E-state index in [1.165, 1.54) is 18.2 Å². The standard InChI is InChI=1S/C14H17FN2O3/c1-14(13(19)20)4-5-17(8-14)7-10-6-9(12(16)18)2-3-11(10)15/h2-3,6H,4-5,7-8H2,1H3,(H2,16,18)(H,19,20). The van der Waals surface area contributed by atoms with E-state index in [4.69, 9.17) is 10.8 Å². The summed E-state index contributed by atoms with van der Waals surface area (Å²) in [6.45, 7) is 2.91. The van der Waals surface area contributed by atoms with Gasteiger partial charge in [-0.15, -0.1) is 0 Å². The summed E-state index contributed by atoms with van der Waals surface area (Å²) in [6, 6.07) is 3.97. The molecule has 1 aromatic rings. The molecule has 0 saturated carbocycles. The number of hydrogen-bond acceptors (Lipinski definition) is 3. The average Bonchev–Trinajstić information content (AvgIpc) is 2.75. The van der Waals surface area contributed by atoms with Crippen molar-refractivity contribution < 1.29 is 19.1 Å². The monoisotopic (exact) mass is 280 g/mol. The zero-order valence-corrected chi connectivity index (χ0v) is 11.2. The molecular formula is C14H17FN2O3. The van der Waals surface area contributed by atoms with Crippen LogP contribution in [0.25, 0.3) is 0 Å². The van der Waals surface area contributed by atoms with Gasteiger partial charge in [0.2, 0.25) is 5.91 Å². The van der Waals surface area contributed by atoms with Crippen molar-refractivity contribution in [1.29, 1.82) is 0 Å². The van der Waals surface area contributed by atoms with E-state index in [0.29, 0.717) is 25.1 Å². The highest BCUT2D eigenvalue weighted by Crippen LogP contribution is 2.31. The van der Waals surface area contributed by atoms with E-state index in [0.717, 1.165) is 0 Å². The Morgan fingerprint density at radius 2 is 2.20 bits per heavy atom. The van der Waals surface area contributed by atoms with Crippen LogP contribution in [0.5, 0.6) is 0 Å². The molecule has 1 fully saturated rings. The zero-order chi connectivity index (χ0) is 14.9. The van der Waals surface area contributed by atoms with Gasteiger partial charge in [-0.05, 0) is 38.1 Å². The summed E-state index contributed by atoms with van der Waals surface area (Å²) in [6.07, 6.45) is 0.527. The van der Waals surface area contributed by atoms with E-state index in [-0.39, 0.29) is 12.1 Å². The molecular weight excluding hydrogens is 263 g/mol. The number of carboxylic acids is 1. The average molecular weight is 280 g/mol. The first kappa shape index (κ1) is 14.5. The van der Waals surface area contributed by atoms with Crippen LogP contribution >= 0.6 is 0 Å². The van der Waals surface area contributed by atoms with Crippen molar-refractivity contribution in [2.45, 2.75) is 19.9 Å². The lowest BCUT2D eigenvalue weighted by Gasteiger charge is -2.20. The molecule has 1 saturated heterocycles. The van der Waals surface area contributed by atoms with Crippen molar-refractivity contribution in [2.24, 2.45) is 11.1 Å². The minimum Gasteiger partial charge on any atom is -0.481 e. The summed E-state index contributed by atoms with van der Waals surface area (Å²) in [5.74, 6) is -1.87. The van der Waals surface area contributed by atoms with Crippen molar-refractivity contribution >= 4 is 11.9 Å². The second-order valence-electron chi connectivity index (χ2n) is 5.50. The van der Waals surface area contributed by atoms with Crippen molar-refractivity contribution in [1.82, 2.24) is 4.90 Å². The van der Waals surface area contributed by atoms with Gasteiger partial charge in [0.15, 0.2) is 0 Å². The molecule has 1 aliphatic heterocycles. The molecule has 20 heavy (non-hydrogen) atoms. The Kier molecular flexibility index (Phi) is 3.76. The number of likely N-dealkylation sites (tertiary alicyclic amines) is 1. The summed E-state index contributed by atoms with van der Waals surface area (Å²) in [7, 11) is 0. The summed E-state index contributed by atoms with van der Waals surface area (Å²) < 4.78 is 13.7. The van der Waals surface area contributed by atoms with Gasteiger partial charge in [0.25, 0.3) is 0 Å². The lowest BCUT2D eigenvalue weighted by atomic mass is 9.90. The van der Waals surface area contributed by atoms with E-state index in [1.54, 1.807) is 6.92 Å². The van der Waals surface area contributed by atoms with Gasteiger partial charge in [-0.2, -0.15) is 0 Å². The van der Waals surface area contributed by atoms with E-state index >= 15 is 0 Å². The molecule has 1 atom stereocenters. The highest BCUT2D eigenvalue weighted by molar-refractivity contribution is 5.92. The SMILES string of the molecule is CC1(C(=O)O)CCN(Cc2cc(C(N)=O)ccc2F)C1. The lowest BCUT2D eigenvalue weighted by molar-refractivity contribution is -0.147. The summed E-state index contributed by atoms with van der Waals surface area (Å²) in [5.41, 5.74) is 4.99. The van der Waals surface area contributed by atoms with Crippen LogP contribution in [0.2, 0.25) is 0 Å². The molecule has 1 unspecified atom stereocenters. The summed E-state index contributed by atoms with van der Waals surface area (Å²) in [5, 5.41) is 9.17. The first-order valence-corrected chi connectivity index (χ1v) is 6.36. The van der Waals surface area contributed by atoms with E-state index in [9.17, 15) is 14.0 Å². The summed E-state index contributed by atoms with van der Waals surface area (Å²) >= 11 is 0. The number of aliphatic carboxylic acids is 1. The van der Waals surface area contributed by atoms with Crippen LogP contribution in [0.15, 0.2) is 18.2 Å². The highest BCUT2D eigenvalue weighted by atomic mass is 19.1. The lowest BCUT2D eigenvalue weighted by Crippen LogP contribution is -2.31. The maximum absolute atomic E-state index is 13.7. The Bertz CT molecular complexity index is 561. The van der Waals surface area contributed by atoms with Gasteiger partial charge in [-0.1, -0.05) is 0 Å². The first-order valence-electron chi connectivity index (χ1n) is 6.36. The van der Waals surface area contributed by atoms with Gasteiger partial charge in [0.05, 0.1) is 5.41 Å². The molecule has 3 N–H and O–H groups in total. The predicted octanol–water partition coefficient (Wildman–Crippen LogP) is 1.22. The number of carbonyl (C=O) groups excluding carboxylic acids is 1. The number of hydrogen-bond donors (Lipinski definition) is 2. The molecule has 108 valence electrons. The second-order valence-corrected chi connectivity index (χ2v) is 5.50. The molecule has 1 aliphatic rings. The number of amides is 1. The van der Waals surface area contributed by atoms with Crippen LogP contribution in [0.4, 0.5) is 4.39 Å². The first-order chi connectivity index (χ1) is 9.32. The largest absolute Gasteiger partial charge is 0.481 e. The second kappa shape index (κ2) is 5.20. The Labute approximate surface area is 116 Å². The Morgan fingerprint density at radius 3 is 2.75 bits per heavy atom. The topological polar surface area (TPSA) is 83.6 Å². The molecule has 1 aromatic carbocycles. The quantitative estimate of drug-likeness (QED) is 0.868. The minimum absolute atomic E-state index is 0.251. The van der Waals surface area contributed by atoms with Gasteiger partial charge in [-0.25, -0.2) is 4.39 Å². The molecule has 0 aliphatic carbocycles. The maximum Gasteiger partial charge on any atom is 0.310 e. The molecule has 1 heterocycles. The predicted molar refractivity (Wildman–Crippen MR) is 70.6 cm³/mol. The molecule has 0 bridgehead atoms. The number of nitrogens with zero attached hydrogens (tertiary/aromatic N) is 1. The number of nitrogens with two attached hydrogens (primary N) is 1. The fourth-order valence-electron chi connectivity index (χ4n) is 2.46. The molecule has 0 radical (unpaired) electrons. The zero-order valence-electron chi connectivity index (χ0n) is 11.2. The fourth-order valence-corrected chi connectivity index (χ4v) is 2.46. The number of carboxylic acid groups (broad SMARTS) is 1. The molecule has 0 aromatic heterocycles. The van der Waals surface area contributed by atoms with Crippen LogP contribution in [0.3, 0.4) is 0 Å². The Morgan fingerprint density at radius 1 is 1.50 bits per heavy atom. The van der Waals surface area contributed by atoms with Crippen molar-refractivity contribution in [3.05, 3.63) is 35.1 Å². The van der Waals surface area contributed by atoms with Crippen molar-refractivity contribution in [2.75, 3.05) is 13.1 Å². The number of primary amides is 1. The fraction of sp³-hybridized carbons (Fsp3) is 0.429. The number of rotatable bonds is 4. The third kappa shape index (κ3) is 2.80. The van der Waals surface area contributed by atoms with Gasteiger partial charge in [0.1, 0.15) is 5.82 Å². The number of benzene rings is 1. The van der Waals surface area contributed by atoms with E-state index < -0.39 is 23.1 Å². The van der Waals surface area contributed by atoms with Crippen LogP contribution in [0.1, 0.15) is 29.3 Å². The number of halogens is 1. The molecule has 2 rings (SSSR count). The third-order valence-electron chi connectivity index (χ3n) is 3.79. The Balaban J connectivity index is 2.14. The van der Waals surface area contributed by atoms with Crippen LogP contribution < -0.4 is 5.73 Å². The Hall–Kier alpha value is -1.95. The van der Waals surface area contributed by atoms with E-state index in [2.05, 4.69) is 0 Å². The molecule has 5 nitrogen and oxygen atoms in total. The maximum atomic E-state index is 13.7. The smallest absolute Gasteiger partial charge is 0.310 e. The number of carbonyl (C=O) groups is 2. The van der Waals surface area contributed by atoms with E-state index in [1.807, 2.05) is 4.90 Å².